The molecule has 1 aliphatic heterocycles. The summed E-state index contributed by atoms with van der Waals surface area (Å²) in [7, 11) is 0. The molecule has 10 heteroatoms. The van der Waals surface area contributed by atoms with E-state index in [1.165, 1.54) is 12.8 Å². The van der Waals surface area contributed by atoms with E-state index in [4.69, 9.17) is 4.74 Å². The van der Waals surface area contributed by atoms with E-state index in [9.17, 15) is 9.59 Å². The third kappa shape index (κ3) is 7.96. The van der Waals surface area contributed by atoms with Crippen molar-refractivity contribution in [1.82, 2.24) is 30.5 Å². The monoisotopic (exact) mass is 514 g/mol. The number of aryl methyl sites for hydroxylation is 2. The van der Waals surface area contributed by atoms with Crippen LogP contribution in [0.1, 0.15) is 53.7 Å². The Bertz CT molecular complexity index is 1020. The highest BCUT2D eigenvalue weighted by Gasteiger charge is 2.25. The molecule has 1 aromatic heterocycles. The first kappa shape index (κ1) is 26.5. The summed E-state index contributed by atoms with van der Waals surface area (Å²) < 4.78 is 7.80. The molecule has 0 radical (unpaired) electrons. The molecular formula is C26H38N6O3S. The molecule has 1 aromatic carbocycles. The maximum atomic E-state index is 13.1. The molecule has 0 saturated heterocycles. The largest absolute Gasteiger partial charge is 0.494 e. The smallest absolute Gasteiger partial charge is 0.252 e. The number of thioether (sulfide) groups is 1. The number of carbonyl (C=O) groups excluding carboxylic acids is 2. The molecule has 4 bridgehead atoms. The summed E-state index contributed by atoms with van der Waals surface area (Å²) in [6.07, 6.45) is 8.80. The van der Waals surface area contributed by atoms with E-state index >= 15 is 0 Å². The predicted molar refractivity (Wildman–Crippen MR) is 141 cm³/mol. The SMILES string of the molecule is CSCC[C@@H]1NC(=O)c2cc(ccc2C)OCCCn2cc(nn2)CN(CC2CC2)CCCNC1=O. The number of amides is 2. The average Bonchev–Trinajstić information content (AvgIpc) is 3.58. The summed E-state index contributed by atoms with van der Waals surface area (Å²) in [5.41, 5.74) is 2.34. The number of benzene rings is 1. The summed E-state index contributed by atoms with van der Waals surface area (Å²) in [4.78, 5) is 28.6. The van der Waals surface area contributed by atoms with Gasteiger partial charge in [-0.2, -0.15) is 11.8 Å². The van der Waals surface area contributed by atoms with Gasteiger partial charge in [0.1, 0.15) is 11.8 Å². The fourth-order valence-corrected chi connectivity index (χ4v) is 4.85. The molecule has 2 N–H and O–H groups in total. The molecule has 196 valence electrons. The van der Waals surface area contributed by atoms with E-state index in [0.29, 0.717) is 30.9 Å². The second kappa shape index (κ2) is 13.1. The maximum Gasteiger partial charge on any atom is 0.252 e. The summed E-state index contributed by atoms with van der Waals surface area (Å²) in [5, 5.41) is 14.7. The number of nitrogens with zero attached hydrogens (tertiary/aromatic N) is 4. The van der Waals surface area contributed by atoms with Gasteiger partial charge in [-0.15, -0.1) is 5.10 Å². The van der Waals surface area contributed by atoms with Crippen molar-refractivity contribution in [3.8, 4) is 5.75 Å². The molecule has 2 aliphatic rings. The van der Waals surface area contributed by atoms with Gasteiger partial charge in [-0.25, -0.2) is 0 Å². The van der Waals surface area contributed by atoms with E-state index in [1.807, 2.05) is 36.2 Å². The molecule has 1 fully saturated rings. The van der Waals surface area contributed by atoms with Gasteiger partial charge in [-0.05, 0) is 68.2 Å². The number of hydrogen-bond donors (Lipinski definition) is 2. The number of fused-ring (bicyclic) bond motifs is 4. The van der Waals surface area contributed by atoms with Gasteiger partial charge in [0, 0.05) is 50.9 Å². The van der Waals surface area contributed by atoms with Crippen LogP contribution in [0, 0.1) is 12.8 Å². The van der Waals surface area contributed by atoms with Crippen molar-refractivity contribution in [1.29, 1.82) is 0 Å². The minimum Gasteiger partial charge on any atom is -0.494 e. The standard InChI is InChI=1S/C26H38N6O3S/c1-19-5-8-22-15-23(19)25(33)28-24(9-14-36-2)26(34)27-10-3-11-31(16-20-6-7-20)17-21-18-32(30-29-21)12-4-13-35-22/h5,8,15,18,20,24H,3-4,6-7,9-14,16-17H2,1-2H3,(H,27,34)(H,28,33)/t24-/m0/s1. The molecule has 1 aliphatic carbocycles. The Balaban J connectivity index is 1.48. The predicted octanol–water partition coefficient (Wildman–Crippen LogP) is 2.64. The summed E-state index contributed by atoms with van der Waals surface area (Å²) in [6, 6.07) is 4.94. The van der Waals surface area contributed by atoms with E-state index in [-0.39, 0.29) is 11.8 Å². The van der Waals surface area contributed by atoms with Crippen molar-refractivity contribution < 1.29 is 14.3 Å². The van der Waals surface area contributed by atoms with Gasteiger partial charge < -0.3 is 15.4 Å². The molecular weight excluding hydrogens is 476 g/mol. The van der Waals surface area contributed by atoms with Gasteiger partial charge in [0.2, 0.25) is 5.91 Å². The highest BCUT2D eigenvalue weighted by atomic mass is 32.2. The fourth-order valence-electron chi connectivity index (χ4n) is 4.38. The number of hydrogen-bond acceptors (Lipinski definition) is 7. The van der Waals surface area contributed by atoms with Crippen molar-refractivity contribution in [2.75, 3.05) is 38.2 Å². The molecule has 1 saturated carbocycles. The molecule has 0 spiro atoms. The molecule has 2 amide bonds. The van der Waals surface area contributed by atoms with Gasteiger partial charge in [0.25, 0.3) is 5.91 Å². The van der Waals surface area contributed by atoms with Crippen molar-refractivity contribution in [2.24, 2.45) is 5.92 Å². The fraction of sp³-hybridized carbons (Fsp3) is 0.615. The van der Waals surface area contributed by atoms with Gasteiger partial charge in [0.15, 0.2) is 0 Å². The molecule has 9 nitrogen and oxygen atoms in total. The van der Waals surface area contributed by atoms with Crippen LogP contribution >= 0.6 is 11.8 Å². The van der Waals surface area contributed by atoms with Gasteiger partial charge in [0.05, 0.1) is 12.3 Å². The second-order valence-electron chi connectivity index (χ2n) is 9.78. The molecule has 2 heterocycles. The first-order valence-electron chi connectivity index (χ1n) is 12.9. The van der Waals surface area contributed by atoms with Crippen LogP contribution in [-0.2, 0) is 17.9 Å². The summed E-state index contributed by atoms with van der Waals surface area (Å²) >= 11 is 1.66. The Hall–Kier alpha value is -2.59. The van der Waals surface area contributed by atoms with Crippen LogP contribution in [-0.4, -0.2) is 76.0 Å². The molecule has 36 heavy (non-hydrogen) atoms. The Morgan fingerprint density at radius 2 is 2.06 bits per heavy atom. The maximum absolute atomic E-state index is 13.1. The van der Waals surface area contributed by atoms with Gasteiger partial charge in [-0.3, -0.25) is 19.2 Å². The Labute approximate surface area is 217 Å². The van der Waals surface area contributed by atoms with E-state index in [0.717, 1.165) is 61.9 Å². The van der Waals surface area contributed by atoms with Gasteiger partial charge >= 0.3 is 0 Å². The van der Waals surface area contributed by atoms with Crippen LogP contribution in [0.2, 0.25) is 0 Å². The number of nitrogens with one attached hydrogen (secondary N) is 2. The van der Waals surface area contributed by atoms with Gasteiger partial charge in [-0.1, -0.05) is 11.3 Å². The van der Waals surface area contributed by atoms with E-state index in [2.05, 4.69) is 25.8 Å². The molecule has 2 aromatic rings. The lowest BCUT2D eigenvalue weighted by molar-refractivity contribution is -0.123. The molecule has 1 atom stereocenters. The minimum absolute atomic E-state index is 0.131. The summed E-state index contributed by atoms with van der Waals surface area (Å²) in [5.74, 6) is 1.81. The highest BCUT2D eigenvalue weighted by Crippen LogP contribution is 2.30. The third-order valence-electron chi connectivity index (χ3n) is 6.62. The first-order chi connectivity index (χ1) is 17.5. The van der Waals surface area contributed by atoms with E-state index < -0.39 is 6.04 Å². The number of rotatable bonds is 5. The second-order valence-corrected chi connectivity index (χ2v) is 10.8. The van der Waals surface area contributed by atoms with Crippen molar-refractivity contribution in [2.45, 2.75) is 58.2 Å². The molecule has 4 rings (SSSR count). The lowest BCUT2D eigenvalue weighted by Gasteiger charge is -2.22. The van der Waals surface area contributed by atoms with Crippen LogP contribution in [0.15, 0.2) is 24.4 Å². The number of ether oxygens (including phenoxy) is 1. The third-order valence-corrected chi connectivity index (χ3v) is 7.27. The van der Waals surface area contributed by atoms with Crippen molar-refractivity contribution in [3.63, 3.8) is 0 Å². The Morgan fingerprint density at radius 3 is 2.86 bits per heavy atom. The zero-order valence-electron chi connectivity index (χ0n) is 21.4. The average molecular weight is 515 g/mol. The van der Waals surface area contributed by atoms with Crippen LogP contribution in [0.3, 0.4) is 0 Å². The highest BCUT2D eigenvalue weighted by molar-refractivity contribution is 7.98. The minimum atomic E-state index is -0.572. The van der Waals surface area contributed by atoms with Crippen LogP contribution in [0.4, 0.5) is 0 Å². The Kier molecular flexibility index (Phi) is 9.63. The lowest BCUT2D eigenvalue weighted by Crippen LogP contribution is -2.47. The van der Waals surface area contributed by atoms with Crippen molar-refractivity contribution in [3.05, 3.63) is 41.2 Å². The zero-order valence-corrected chi connectivity index (χ0v) is 22.2. The van der Waals surface area contributed by atoms with Crippen LogP contribution in [0.25, 0.3) is 0 Å². The summed E-state index contributed by atoms with van der Waals surface area (Å²) in [6.45, 7) is 6.39. The lowest BCUT2D eigenvalue weighted by atomic mass is 10.1. The van der Waals surface area contributed by atoms with Crippen LogP contribution < -0.4 is 15.4 Å². The first-order valence-corrected chi connectivity index (χ1v) is 14.3. The number of aromatic nitrogens is 3. The Morgan fingerprint density at radius 1 is 1.19 bits per heavy atom. The van der Waals surface area contributed by atoms with E-state index in [1.54, 1.807) is 17.8 Å². The topological polar surface area (TPSA) is 101 Å². The normalized spacial score (nSPS) is 20.8. The molecule has 0 unspecified atom stereocenters. The van der Waals surface area contributed by atoms with Crippen LogP contribution in [0.5, 0.6) is 5.75 Å². The number of carbonyl (C=O) groups is 2. The quantitative estimate of drug-likeness (QED) is 0.633. The van der Waals surface area contributed by atoms with Crippen molar-refractivity contribution >= 4 is 23.6 Å². The zero-order chi connectivity index (χ0) is 25.3.